The molecular weight excluding hydrogens is 1750 g/mol. The minimum atomic E-state index is -1.84. The van der Waals surface area contributed by atoms with E-state index in [2.05, 4.69) is 63.1 Å². The maximum Gasteiger partial charge on any atom is 0.303 e. The summed E-state index contributed by atoms with van der Waals surface area (Å²) in [5.74, 6) is -21.6. The maximum absolute atomic E-state index is 15.8. The van der Waals surface area contributed by atoms with Crippen molar-refractivity contribution in [1.29, 1.82) is 0 Å². The van der Waals surface area contributed by atoms with E-state index < -0.39 is 273 Å². The number of carbonyl (C=O) groups is 19. The van der Waals surface area contributed by atoms with Gasteiger partial charge in [0.05, 0.1) is 24.8 Å². The number of thioether (sulfide) groups is 1. The Balaban J connectivity index is 1.20. The predicted molar refractivity (Wildman–Crippen MR) is 484 cm³/mol. The van der Waals surface area contributed by atoms with Gasteiger partial charge in [-0.25, -0.2) is 0 Å². The topological polar surface area (TPSA) is 651 Å². The Morgan fingerprint density at radius 3 is 1.58 bits per heavy atom. The molecule has 17 amide bonds. The molecule has 5 aromatic rings. The lowest BCUT2D eigenvalue weighted by molar-refractivity contribution is -0.149. The molecule has 0 spiro atoms. The number of primary amides is 2. The number of benzene rings is 3. The number of para-hydroxylation sites is 2. The molecule has 8 rings (SSSR count). The molecule has 22 N–H and O–H groups in total. The van der Waals surface area contributed by atoms with E-state index in [1.165, 1.54) is 52.3 Å². The summed E-state index contributed by atoms with van der Waals surface area (Å²) in [6.45, 7) is 6.26. The maximum atomic E-state index is 15.8. The number of aliphatic carboxylic acids is 2. The van der Waals surface area contributed by atoms with Crippen LogP contribution in [0.15, 0.2) is 85.2 Å². The van der Waals surface area contributed by atoms with Crippen molar-refractivity contribution in [2.24, 2.45) is 23.1 Å². The minimum Gasteiger partial charge on any atom is -0.508 e. The quantitative estimate of drug-likeness (QED) is 0.0273. The third kappa shape index (κ3) is 29.6. The second-order valence-corrected chi connectivity index (χ2v) is 35.2. The van der Waals surface area contributed by atoms with Crippen molar-refractivity contribution in [3.63, 3.8) is 0 Å². The fourth-order valence-electron chi connectivity index (χ4n) is 16.3. The third-order valence-corrected chi connectivity index (χ3v) is 24.7. The van der Waals surface area contributed by atoms with E-state index in [1.54, 1.807) is 88.6 Å². The highest BCUT2D eigenvalue weighted by Crippen LogP contribution is 2.28. The van der Waals surface area contributed by atoms with Crippen LogP contribution in [0.1, 0.15) is 148 Å². The lowest BCUT2D eigenvalue weighted by Crippen LogP contribution is -2.61. The number of H-pyrrole nitrogens is 2. The summed E-state index contributed by atoms with van der Waals surface area (Å²) in [6, 6.07) is -3.35. The second kappa shape index (κ2) is 49.8. The van der Waals surface area contributed by atoms with Crippen LogP contribution in [0.3, 0.4) is 0 Å². The molecule has 43 nitrogen and oxygen atoms in total. The highest BCUT2D eigenvalue weighted by Gasteiger charge is 2.47. The first kappa shape index (κ1) is 105. The number of nitrogens with two attached hydrogens (primary N) is 3. The number of rotatable bonds is 26. The zero-order chi connectivity index (χ0) is 97.8. The number of phenolic OH excluding ortho intramolecular Hbond substituents is 1. The van der Waals surface area contributed by atoms with Gasteiger partial charge in [-0.1, -0.05) is 102 Å². The van der Waals surface area contributed by atoms with Gasteiger partial charge >= 0.3 is 11.9 Å². The van der Waals surface area contributed by atoms with E-state index in [0.29, 0.717) is 63.1 Å². The van der Waals surface area contributed by atoms with Crippen LogP contribution in [0, 0.1) is 5.92 Å². The van der Waals surface area contributed by atoms with Gasteiger partial charge in [-0.15, -0.1) is 11.8 Å². The Hall–Kier alpha value is -13.3. The molecule has 3 fully saturated rings. The summed E-state index contributed by atoms with van der Waals surface area (Å²) in [5.41, 5.74) is 19.7. The highest BCUT2D eigenvalue weighted by atomic mass is 32.2. The van der Waals surface area contributed by atoms with E-state index in [4.69, 9.17) is 17.2 Å². The van der Waals surface area contributed by atoms with Crippen molar-refractivity contribution < 1.29 is 112 Å². The lowest BCUT2D eigenvalue weighted by atomic mass is 9.99. The number of aliphatic hydroxyl groups excluding tert-OH is 1. The van der Waals surface area contributed by atoms with Crippen LogP contribution in [0.4, 0.5) is 0 Å². The second-order valence-electron chi connectivity index (χ2n) is 34.1. The molecule has 3 aliphatic heterocycles. The average Bonchev–Trinajstić information content (AvgIpc) is 1.72. The van der Waals surface area contributed by atoms with Gasteiger partial charge in [-0.05, 0) is 98.7 Å². The summed E-state index contributed by atoms with van der Waals surface area (Å²) in [7, 11) is 3.75. The zero-order valence-electron chi connectivity index (χ0n) is 75.7. The van der Waals surface area contributed by atoms with Gasteiger partial charge in [0.25, 0.3) is 0 Å². The van der Waals surface area contributed by atoms with E-state index >= 15 is 33.6 Å². The molecule has 3 aliphatic rings. The number of aromatic nitrogens is 2. The lowest BCUT2D eigenvalue weighted by Gasteiger charge is -2.36. The number of aromatic amines is 2. The molecule has 133 heavy (non-hydrogen) atoms. The largest absolute Gasteiger partial charge is 0.508 e. The van der Waals surface area contributed by atoms with E-state index in [9.17, 15) is 78.0 Å². The van der Waals surface area contributed by atoms with Crippen molar-refractivity contribution in [2.75, 3.05) is 58.8 Å². The van der Waals surface area contributed by atoms with Crippen LogP contribution in [0.5, 0.6) is 5.75 Å². The van der Waals surface area contributed by atoms with E-state index in [0.717, 1.165) is 24.5 Å². The Morgan fingerprint density at radius 1 is 0.519 bits per heavy atom. The molecular formula is C89H124N20O23S. The van der Waals surface area contributed by atoms with Gasteiger partial charge in [0.15, 0.2) is 0 Å². The minimum absolute atomic E-state index is 0.0365. The summed E-state index contributed by atoms with van der Waals surface area (Å²) in [6.07, 6.45) is -2.04. The third-order valence-electron chi connectivity index (χ3n) is 23.7. The molecule has 5 heterocycles. The van der Waals surface area contributed by atoms with Crippen LogP contribution < -0.4 is 70.4 Å². The van der Waals surface area contributed by atoms with E-state index in [-0.39, 0.29) is 82.4 Å². The molecule has 2 aromatic heterocycles. The number of phenols is 1. The van der Waals surface area contributed by atoms with Crippen LogP contribution in [0.25, 0.3) is 21.8 Å². The van der Waals surface area contributed by atoms with Crippen LogP contribution in [0.2, 0.25) is 0 Å². The fraction of sp³-hybridized carbons (Fsp3) is 0.539. The van der Waals surface area contributed by atoms with Crippen molar-refractivity contribution >= 4 is 146 Å². The number of carbonyl (C=O) groups excluding carboxylic acids is 17. The van der Waals surface area contributed by atoms with Crippen LogP contribution >= 0.6 is 11.8 Å². The Labute approximate surface area is 771 Å². The van der Waals surface area contributed by atoms with Crippen LogP contribution in [-0.2, 0) is 110 Å². The number of fused-ring (bicyclic) bond motifs is 4. The van der Waals surface area contributed by atoms with E-state index in [1.807, 2.05) is 0 Å². The van der Waals surface area contributed by atoms with Gasteiger partial charge < -0.3 is 125 Å². The number of carboxylic acid groups (broad SMARTS) is 2. The smallest absolute Gasteiger partial charge is 0.303 e. The standard InChI is InChI=1S/C89H124N20O23S/c1-9-11-22-67-82(125)98-59(30-32-75(117)118)79(122)104-66(77(120)95-43-72(92)113)45-133-46-73(114)96-62(35-49-25-27-52(110)28-26-49)85(128)105(6)48(5)76(119)100-64(39-71(91)112)87(130)108-33-17-24-68(108)83(126)103-65(40-90)81(124)101-61(34-47(3)4)88(131)109-44-53(111)38-70(109)84(127)99-60(36-50-41-93-56-20-15-13-18-54(50)56)80(123)97-58(29-31-74(115)116)78(121)102-63(37-51-42-94-57-21-16-14-19-55(51)57)86(129)107(8)69(23-12-10-2)89(132)106(67)7/h13-16,18-21,25-28,41-42,47-48,53,58-70,93-94,110-111H,9-12,17,22-24,29-40,43-46,90H2,1-8H3,(H2,91,112)(H2,92,113)(H,95,120)(H,96,114)(H,97,123)(H,98,125)(H,99,127)(H,100,119)(H,101,124)(H,102,121)(H,103,126)(H,104,122)(H,115,116)(H,117,118)/t48-,53+,58-,59-,60-,61-,62-,63-,64-,65-,66-,67-,68-,69-,70-/m0/s1. The fourth-order valence-corrected chi connectivity index (χ4v) is 17.1. The molecule has 0 bridgehead atoms. The van der Waals surface area contributed by atoms with Crippen molar-refractivity contribution in [3.05, 3.63) is 102 Å². The van der Waals surface area contributed by atoms with Gasteiger partial charge in [-0.3, -0.25) is 91.1 Å². The van der Waals surface area contributed by atoms with Gasteiger partial charge in [-0.2, -0.15) is 0 Å². The zero-order valence-corrected chi connectivity index (χ0v) is 76.5. The first-order valence-corrected chi connectivity index (χ1v) is 45.5. The molecule has 0 radical (unpaired) electrons. The predicted octanol–water partition coefficient (Wildman–Crippen LogP) is -2.46. The molecule has 0 unspecified atom stereocenters. The number of nitrogens with zero attached hydrogens (tertiary/aromatic N) is 5. The monoisotopic (exact) mass is 1870 g/mol. The SMILES string of the molecule is CCCC[C@H]1C(=O)N(C)[C@@H](CCCC)C(=O)N[C@@H](CCC(=O)O)C(=O)N[C@H](C(=O)NCC(N)=O)CSCC(=O)N[C@@H](Cc2ccc(O)cc2)C(=O)N(C)[C@@H](C)C(=O)N[C@@H](CC(N)=O)C(=O)N2CCC[C@H]2C(=O)N[C@@H](CN)C(=O)N[C@@H](CC(C)C)C(=O)N2C[C@H](O)C[C@H]2C(=O)N[C@@H](Cc2c[nH]c3ccccc23)C(=O)N[C@@H](CCC(=O)O)C(=O)N[C@@H](Cc2c[nH]c3ccccc23)C(=O)N1C. The summed E-state index contributed by atoms with van der Waals surface area (Å²) in [5, 5.41) is 68.7. The molecule has 15 atom stereocenters. The Kier molecular flexibility index (Phi) is 39.4. The normalized spacial score (nSPS) is 25.0. The Bertz CT molecular complexity index is 5050. The van der Waals surface area contributed by atoms with Crippen molar-refractivity contribution in [3.8, 4) is 5.75 Å². The molecule has 724 valence electrons. The first-order valence-electron chi connectivity index (χ1n) is 44.4. The number of carboxylic acids is 2. The number of hydrogen-bond donors (Lipinski definition) is 19. The van der Waals surface area contributed by atoms with Crippen molar-refractivity contribution in [2.45, 2.75) is 241 Å². The van der Waals surface area contributed by atoms with Gasteiger partial charge in [0.1, 0.15) is 90.3 Å². The Morgan fingerprint density at radius 2 is 1.01 bits per heavy atom. The van der Waals surface area contributed by atoms with Gasteiger partial charge in [0.2, 0.25) is 100 Å². The average molecular weight is 1870 g/mol. The number of likely N-dealkylation sites (N-methyl/N-ethyl adjacent to an activating group) is 3. The molecule has 3 saturated heterocycles. The molecule has 44 heteroatoms. The summed E-state index contributed by atoms with van der Waals surface area (Å²) < 4.78 is 0. The molecule has 0 aliphatic carbocycles. The highest BCUT2D eigenvalue weighted by molar-refractivity contribution is 8.00. The van der Waals surface area contributed by atoms with Crippen molar-refractivity contribution in [1.82, 2.24) is 87.6 Å². The number of hydrogen-bond acceptors (Lipinski definition) is 23. The summed E-state index contributed by atoms with van der Waals surface area (Å²) >= 11 is 0.698. The van der Waals surface area contributed by atoms with Gasteiger partial charge in [0, 0.05) is 119 Å². The molecule has 3 aromatic carbocycles. The number of amides is 17. The number of aliphatic hydroxyl groups is 1. The number of aromatic hydroxyl groups is 1. The van der Waals surface area contributed by atoms with Crippen LogP contribution in [-0.4, -0.2) is 317 Å². The number of unbranched alkanes of at least 4 members (excludes halogenated alkanes) is 2. The molecule has 0 saturated carbocycles. The first-order chi connectivity index (χ1) is 63.1. The number of nitrogens with one attached hydrogen (secondary N) is 12. The summed E-state index contributed by atoms with van der Waals surface area (Å²) in [4.78, 5) is 285.